The number of amides is 1. The number of aromatic nitrogens is 4. The number of carbonyl (C=O) groups excluding carboxylic acids is 1. The van der Waals surface area contributed by atoms with Gasteiger partial charge >= 0.3 is 0 Å². The number of piperidine rings is 1. The molecule has 2 unspecified atom stereocenters. The topological polar surface area (TPSA) is 75.9 Å². The molecule has 1 saturated heterocycles. The summed E-state index contributed by atoms with van der Waals surface area (Å²) >= 11 is 0. The third kappa shape index (κ3) is 4.03. The molecule has 1 amide bonds. The number of nitrogens with one attached hydrogen (secondary N) is 1. The Morgan fingerprint density at radius 2 is 2.14 bits per heavy atom. The molecular weight excluding hydrogens is 280 g/mol. The van der Waals surface area contributed by atoms with Crippen molar-refractivity contribution >= 4 is 5.91 Å². The molecule has 22 heavy (non-hydrogen) atoms. The molecule has 0 radical (unpaired) electrons. The van der Waals surface area contributed by atoms with Crippen molar-refractivity contribution in [3.63, 3.8) is 0 Å². The molecule has 0 aliphatic carbocycles. The fourth-order valence-electron chi connectivity index (χ4n) is 2.72. The highest BCUT2D eigenvalue weighted by atomic mass is 16.2. The number of tetrazole rings is 1. The zero-order valence-electron chi connectivity index (χ0n) is 14.3. The van der Waals surface area contributed by atoms with Gasteiger partial charge in [-0.3, -0.25) is 4.79 Å². The van der Waals surface area contributed by atoms with Crippen molar-refractivity contribution in [1.82, 2.24) is 30.4 Å². The first-order chi connectivity index (χ1) is 10.3. The summed E-state index contributed by atoms with van der Waals surface area (Å²) in [6.07, 6.45) is 1.56. The molecule has 2 heterocycles. The Labute approximate surface area is 132 Å². The second kappa shape index (κ2) is 6.73. The van der Waals surface area contributed by atoms with Crippen LogP contribution < -0.4 is 5.32 Å². The normalized spacial score (nSPS) is 22.9. The Bertz CT molecular complexity index is 506. The van der Waals surface area contributed by atoms with Crippen molar-refractivity contribution in [2.45, 2.75) is 65.6 Å². The molecule has 0 aromatic carbocycles. The lowest BCUT2D eigenvalue weighted by Gasteiger charge is -2.37. The van der Waals surface area contributed by atoms with Crippen molar-refractivity contribution in [2.24, 2.45) is 5.92 Å². The van der Waals surface area contributed by atoms with E-state index < -0.39 is 0 Å². The molecule has 2 atom stereocenters. The van der Waals surface area contributed by atoms with Crippen LogP contribution in [0.15, 0.2) is 0 Å². The largest absolute Gasteiger partial charge is 0.342 e. The van der Waals surface area contributed by atoms with Crippen LogP contribution in [0.3, 0.4) is 0 Å². The summed E-state index contributed by atoms with van der Waals surface area (Å²) in [5, 5.41) is 16.1. The maximum atomic E-state index is 11.8. The van der Waals surface area contributed by atoms with Crippen molar-refractivity contribution in [2.75, 3.05) is 13.1 Å². The van der Waals surface area contributed by atoms with E-state index in [9.17, 15) is 4.79 Å². The van der Waals surface area contributed by atoms with Crippen molar-refractivity contribution < 1.29 is 4.79 Å². The molecule has 0 spiro atoms. The van der Waals surface area contributed by atoms with Crippen LogP contribution in [0.1, 0.15) is 53.3 Å². The Balaban J connectivity index is 1.85. The minimum absolute atomic E-state index is 0.148. The molecule has 1 aliphatic rings. The first kappa shape index (κ1) is 16.9. The molecule has 7 nitrogen and oxygen atoms in total. The average Bonchev–Trinajstić information content (AvgIpc) is 2.94. The molecule has 1 aromatic rings. The van der Waals surface area contributed by atoms with Gasteiger partial charge in [-0.05, 0) is 38.3 Å². The standard InChI is InChI=1S/C15H28N6O/c1-6-14(22)20-8-7-12(11(2)10-20)16-9-13-17-19-21(18-13)15(3,4)5/h11-12,16H,6-10H2,1-5H3. The number of likely N-dealkylation sites (tertiary alicyclic amines) is 1. The van der Waals surface area contributed by atoms with Gasteiger partial charge in [-0.15, -0.1) is 10.2 Å². The highest BCUT2D eigenvalue weighted by molar-refractivity contribution is 5.75. The maximum Gasteiger partial charge on any atom is 0.222 e. The minimum atomic E-state index is -0.148. The summed E-state index contributed by atoms with van der Waals surface area (Å²) in [4.78, 5) is 15.4. The third-order valence-corrected chi connectivity index (χ3v) is 4.14. The van der Waals surface area contributed by atoms with E-state index in [-0.39, 0.29) is 11.4 Å². The highest BCUT2D eigenvalue weighted by Crippen LogP contribution is 2.18. The van der Waals surface area contributed by atoms with E-state index in [0.29, 0.717) is 30.7 Å². The summed E-state index contributed by atoms with van der Waals surface area (Å²) in [5.74, 6) is 1.40. The first-order valence-electron chi connectivity index (χ1n) is 8.11. The molecule has 2 rings (SSSR count). The van der Waals surface area contributed by atoms with Gasteiger partial charge in [-0.1, -0.05) is 13.8 Å². The van der Waals surface area contributed by atoms with E-state index in [1.165, 1.54) is 0 Å². The van der Waals surface area contributed by atoms with Gasteiger partial charge in [0.15, 0.2) is 5.82 Å². The lowest BCUT2D eigenvalue weighted by atomic mass is 9.93. The predicted octanol–water partition coefficient (Wildman–Crippen LogP) is 1.16. The lowest BCUT2D eigenvalue weighted by molar-refractivity contribution is -0.132. The minimum Gasteiger partial charge on any atom is -0.342 e. The van der Waals surface area contributed by atoms with Crippen LogP contribution in [-0.2, 0) is 16.9 Å². The van der Waals surface area contributed by atoms with Gasteiger partial charge in [0.1, 0.15) is 0 Å². The van der Waals surface area contributed by atoms with E-state index in [2.05, 4.69) is 48.4 Å². The summed E-state index contributed by atoms with van der Waals surface area (Å²) < 4.78 is 0. The zero-order valence-corrected chi connectivity index (χ0v) is 14.3. The zero-order chi connectivity index (χ0) is 16.3. The van der Waals surface area contributed by atoms with Crippen LogP contribution >= 0.6 is 0 Å². The smallest absolute Gasteiger partial charge is 0.222 e. The predicted molar refractivity (Wildman–Crippen MR) is 84.1 cm³/mol. The van der Waals surface area contributed by atoms with Crippen molar-refractivity contribution in [1.29, 1.82) is 0 Å². The maximum absolute atomic E-state index is 11.8. The van der Waals surface area contributed by atoms with Crippen molar-refractivity contribution in [3.8, 4) is 0 Å². The molecule has 1 N–H and O–H groups in total. The van der Waals surface area contributed by atoms with E-state index in [1.807, 2.05) is 11.8 Å². The molecule has 124 valence electrons. The molecule has 0 bridgehead atoms. The van der Waals surface area contributed by atoms with Crippen molar-refractivity contribution in [3.05, 3.63) is 5.82 Å². The monoisotopic (exact) mass is 308 g/mol. The second-order valence-corrected chi connectivity index (χ2v) is 7.11. The van der Waals surface area contributed by atoms with Crippen LogP contribution in [0, 0.1) is 5.92 Å². The van der Waals surface area contributed by atoms with E-state index >= 15 is 0 Å². The fraction of sp³-hybridized carbons (Fsp3) is 0.867. The van der Waals surface area contributed by atoms with Gasteiger partial charge in [0.05, 0.1) is 12.1 Å². The summed E-state index contributed by atoms with van der Waals surface area (Å²) in [7, 11) is 0. The van der Waals surface area contributed by atoms with Crippen LogP contribution in [-0.4, -0.2) is 50.1 Å². The van der Waals surface area contributed by atoms with Gasteiger partial charge in [0.2, 0.25) is 5.91 Å². The number of hydrogen-bond donors (Lipinski definition) is 1. The average molecular weight is 308 g/mol. The Kier molecular flexibility index (Phi) is 5.16. The van der Waals surface area contributed by atoms with Gasteiger partial charge in [0, 0.05) is 25.6 Å². The summed E-state index contributed by atoms with van der Waals surface area (Å²) in [6, 6.07) is 0.391. The Hall–Kier alpha value is -1.50. The molecule has 1 aromatic heterocycles. The number of carbonyl (C=O) groups is 1. The lowest BCUT2D eigenvalue weighted by Crippen LogP contribution is -2.49. The van der Waals surface area contributed by atoms with Gasteiger partial charge in [0.25, 0.3) is 0 Å². The van der Waals surface area contributed by atoms with Crippen LogP contribution in [0.2, 0.25) is 0 Å². The van der Waals surface area contributed by atoms with E-state index in [1.54, 1.807) is 4.80 Å². The molecular formula is C15H28N6O. The van der Waals surface area contributed by atoms with Gasteiger partial charge in [-0.25, -0.2) is 0 Å². The highest BCUT2D eigenvalue weighted by Gasteiger charge is 2.28. The third-order valence-electron chi connectivity index (χ3n) is 4.14. The van der Waals surface area contributed by atoms with Crippen LogP contribution in [0.5, 0.6) is 0 Å². The van der Waals surface area contributed by atoms with Crippen LogP contribution in [0.25, 0.3) is 0 Å². The van der Waals surface area contributed by atoms with Gasteiger partial charge in [-0.2, -0.15) is 4.80 Å². The second-order valence-electron chi connectivity index (χ2n) is 7.11. The Morgan fingerprint density at radius 3 is 2.68 bits per heavy atom. The SMILES string of the molecule is CCC(=O)N1CCC(NCc2nnn(C(C)(C)C)n2)C(C)C1. The molecule has 0 saturated carbocycles. The number of hydrogen-bond acceptors (Lipinski definition) is 5. The Morgan fingerprint density at radius 1 is 1.41 bits per heavy atom. The first-order valence-corrected chi connectivity index (χ1v) is 8.11. The summed E-state index contributed by atoms with van der Waals surface area (Å²) in [6.45, 7) is 12.5. The quantitative estimate of drug-likeness (QED) is 0.903. The van der Waals surface area contributed by atoms with E-state index in [4.69, 9.17) is 0 Å². The van der Waals surface area contributed by atoms with Crippen LogP contribution in [0.4, 0.5) is 0 Å². The molecule has 1 fully saturated rings. The van der Waals surface area contributed by atoms with Gasteiger partial charge < -0.3 is 10.2 Å². The molecule has 7 heteroatoms. The molecule has 1 aliphatic heterocycles. The number of nitrogens with zero attached hydrogens (tertiary/aromatic N) is 5. The summed E-state index contributed by atoms with van der Waals surface area (Å²) in [5.41, 5.74) is -0.148. The fourth-order valence-corrected chi connectivity index (χ4v) is 2.72. The van der Waals surface area contributed by atoms with E-state index in [0.717, 1.165) is 19.5 Å². The number of rotatable bonds is 4.